The highest BCUT2D eigenvalue weighted by Gasteiger charge is 2.13. The first kappa shape index (κ1) is 20.1. The van der Waals surface area contributed by atoms with Crippen LogP contribution >= 0.6 is 11.6 Å². The molecule has 1 N–H and O–H groups in total. The summed E-state index contributed by atoms with van der Waals surface area (Å²) in [6.07, 6.45) is 0.432. The van der Waals surface area contributed by atoms with Crippen LogP contribution in [0.5, 0.6) is 5.75 Å². The van der Waals surface area contributed by atoms with E-state index in [-0.39, 0.29) is 30.2 Å². The van der Waals surface area contributed by atoms with Gasteiger partial charge in [0.2, 0.25) is 0 Å². The van der Waals surface area contributed by atoms with Gasteiger partial charge in [0.1, 0.15) is 17.3 Å². The smallest absolute Gasteiger partial charge is 0.270 e. The number of nitro groups is 1. The first-order valence-electron chi connectivity index (χ1n) is 8.44. The number of hydrogen-bond acceptors (Lipinski definition) is 6. The first-order valence-corrected chi connectivity index (χ1v) is 8.82. The summed E-state index contributed by atoms with van der Waals surface area (Å²) in [6, 6.07) is 14.2. The average Bonchev–Trinajstić information content (AvgIpc) is 3.20. The Labute approximate surface area is 170 Å². The summed E-state index contributed by atoms with van der Waals surface area (Å²) in [5.74, 6) is 0.837. The summed E-state index contributed by atoms with van der Waals surface area (Å²) in [7, 11) is 0. The zero-order chi connectivity index (χ0) is 20.8. The molecule has 29 heavy (non-hydrogen) atoms. The second-order valence-corrected chi connectivity index (χ2v) is 6.37. The molecule has 0 atom stereocenters. The SMILES string of the molecule is O=Cc1cc([N+](=O)[O-])ccc1OCC(=O)NCc1ccc(-c2ccc(Cl)cc2)o1. The number of amides is 1. The van der Waals surface area contributed by atoms with E-state index < -0.39 is 10.8 Å². The summed E-state index contributed by atoms with van der Waals surface area (Å²) >= 11 is 5.86. The van der Waals surface area contributed by atoms with E-state index in [4.69, 9.17) is 20.8 Å². The third-order valence-corrected chi connectivity index (χ3v) is 4.19. The number of nitrogens with zero attached hydrogens (tertiary/aromatic N) is 1. The Morgan fingerprint density at radius 3 is 2.62 bits per heavy atom. The fraction of sp³-hybridized carbons (Fsp3) is 0.100. The molecule has 9 heteroatoms. The Kier molecular flexibility index (Phi) is 6.25. The van der Waals surface area contributed by atoms with Gasteiger partial charge in [0.25, 0.3) is 11.6 Å². The average molecular weight is 415 g/mol. The molecular formula is C20H15ClN2O6. The number of rotatable bonds is 8. The maximum Gasteiger partial charge on any atom is 0.270 e. The van der Waals surface area contributed by atoms with Crippen molar-refractivity contribution in [3.8, 4) is 17.1 Å². The summed E-state index contributed by atoms with van der Waals surface area (Å²) in [5, 5.41) is 14.0. The molecule has 0 saturated carbocycles. The van der Waals surface area contributed by atoms with Gasteiger partial charge in [-0.15, -0.1) is 0 Å². The number of nitrogens with one attached hydrogen (secondary N) is 1. The first-order chi connectivity index (χ1) is 14.0. The number of halogens is 1. The number of ether oxygens (including phenoxy) is 1. The molecule has 0 radical (unpaired) electrons. The lowest BCUT2D eigenvalue weighted by molar-refractivity contribution is -0.384. The highest BCUT2D eigenvalue weighted by molar-refractivity contribution is 6.30. The molecule has 0 fully saturated rings. The standard InChI is InChI=1S/C20H15ClN2O6/c21-15-3-1-13(2-4-15)19-8-6-17(29-19)10-22-20(25)12-28-18-7-5-16(23(26)27)9-14(18)11-24/h1-9,11H,10,12H2,(H,22,25). The van der Waals surface area contributed by atoms with Crippen LogP contribution in [0.1, 0.15) is 16.1 Å². The van der Waals surface area contributed by atoms with E-state index in [0.29, 0.717) is 22.8 Å². The third-order valence-electron chi connectivity index (χ3n) is 3.94. The normalized spacial score (nSPS) is 10.4. The minimum Gasteiger partial charge on any atom is -0.483 e. The van der Waals surface area contributed by atoms with Crippen molar-refractivity contribution in [1.29, 1.82) is 0 Å². The molecule has 3 rings (SSSR count). The minimum absolute atomic E-state index is 0.00867. The Balaban J connectivity index is 1.54. The van der Waals surface area contributed by atoms with Crippen molar-refractivity contribution >= 4 is 29.5 Å². The molecule has 1 amide bonds. The molecule has 1 heterocycles. The van der Waals surface area contributed by atoms with Crippen LogP contribution in [0.15, 0.2) is 59.0 Å². The van der Waals surface area contributed by atoms with Crippen LogP contribution in [-0.4, -0.2) is 23.7 Å². The van der Waals surface area contributed by atoms with Crippen molar-refractivity contribution in [2.45, 2.75) is 6.54 Å². The molecule has 0 bridgehead atoms. The van der Waals surface area contributed by atoms with Gasteiger partial charge in [0.15, 0.2) is 12.9 Å². The van der Waals surface area contributed by atoms with E-state index in [0.717, 1.165) is 11.6 Å². The molecule has 148 valence electrons. The molecule has 0 aliphatic heterocycles. The Morgan fingerprint density at radius 1 is 1.17 bits per heavy atom. The van der Waals surface area contributed by atoms with Crippen LogP contribution in [0.4, 0.5) is 5.69 Å². The van der Waals surface area contributed by atoms with E-state index >= 15 is 0 Å². The zero-order valence-corrected chi connectivity index (χ0v) is 15.7. The fourth-order valence-corrected chi connectivity index (χ4v) is 2.62. The largest absolute Gasteiger partial charge is 0.483 e. The van der Waals surface area contributed by atoms with Gasteiger partial charge in [-0.2, -0.15) is 0 Å². The Morgan fingerprint density at radius 2 is 1.93 bits per heavy atom. The van der Waals surface area contributed by atoms with Crippen molar-refractivity contribution in [3.63, 3.8) is 0 Å². The van der Waals surface area contributed by atoms with E-state index in [1.165, 1.54) is 12.1 Å². The van der Waals surface area contributed by atoms with Crippen LogP contribution in [0.25, 0.3) is 11.3 Å². The lowest BCUT2D eigenvalue weighted by Gasteiger charge is -2.08. The number of furan rings is 1. The van der Waals surface area contributed by atoms with Crippen molar-refractivity contribution in [1.82, 2.24) is 5.32 Å². The molecule has 1 aromatic heterocycles. The molecule has 0 aliphatic carbocycles. The Bertz CT molecular complexity index is 1050. The lowest BCUT2D eigenvalue weighted by atomic mass is 10.2. The van der Waals surface area contributed by atoms with Gasteiger partial charge >= 0.3 is 0 Å². The van der Waals surface area contributed by atoms with Crippen molar-refractivity contribution in [3.05, 3.63) is 81.1 Å². The summed E-state index contributed by atoms with van der Waals surface area (Å²) in [5.41, 5.74) is 0.610. The number of hydrogen-bond donors (Lipinski definition) is 1. The highest BCUT2D eigenvalue weighted by Crippen LogP contribution is 2.24. The van der Waals surface area contributed by atoms with E-state index in [9.17, 15) is 19.7 Å². The molecule has 8 nitrogen and oxygen atoms in total. The minimum atomic E-state index is -0.620. The molecule has 2 aromatic carbocycles. The Hall–Kier alpha value is -3.65. The van der Waals surface area contributed by atoms with E-state index in [1.807, 2.05) is 12.1 Å². The maximum atomic E-state index is 12.0. The predicted molar refractivity (Wildman–Crippen MR) is 105 cm³/mol. The van der Waals surface area contributed by atoms with Gasteiger partial charge in [-0.25, -0.2) is 0 Å². The van der Waals surface area contributed by atoms with E-state index in [2.05, 4.69) is 5.32 Å². The molecule has 0 unspecified atom stereocenters. The second kappa shape index (κ2) is 9.03. The van der Waals surface area contributed by atoms with Crippen LogP contribution in [0.3, 0.4) is 0 Å². The van der Waals surface area contributed by atoms with Crippen LogP contribution in [-0.2, 0) is 11.3 Å². The van der Waals surface area contributed by atoms with Crippen LogP contribution < -0.4 is 10.1 Å². The second-order valence-electron chi connectivity index (χ2n) is 5.94. The molecular weight excluding hydrogens is 400 g/mol. The quantitative estimate of drug-likeness (QED) is 0.338. The number of non-ortho nitro benzene ring substituents is 1. The predicted octanol–water partition coefficient (Wildman–Crippen LogP) is 4.02. The van der Waals surface area contributed by atoms with Crippen LogP contribution in [0.2, 0.25) is 5.02 Å². The van der Waals surface area contributed by atoms with Crippen LogP contribution in [0, 0.1) is 10.1 Å². The summed E-state index contributed by atoms with van der Waals surface area (Å²) in [4.78, 5) is 33.2. The van der Waals surface area contributed by atoms with Gasteiger partial charge in [0.05, 0.1) is 17.0 Å². The van der Waals surface area contributed by atoms with E-state index in [1.54, 1.807) is 24.3 Å². The highest BCUT2D eigenvalue weighted by atomic mass is 35.5. The maximum absolute atomic E-state index is 12.0. The van der Waals surface area contributed by atoms with Crippen molar-refractivity contribution in [2.75, 3.05) is 6.61 Å². The summed E-state index contributed by atoms with van der Waals surface area (Å²) in [6.45, 7) is -0.208. The van der Waals surface area contributed by atoms with Gasteiger partial charge < -0.3 is 14.5 Å². The summed E-state index contributed by atoms with van der Waals surface area (Å²) < 4.78 is 11.0. The monoisotopic (exact) mass is 414 g/mol. The number of aldehydes is 1. The number of carbonyl (C=O) groups excluding carboxylic acids is 2. The molecule has 0 saturated heterocycles. The topological polar surface area (TPSA) is 112 Å². The molecule has 0 spiro atoms. The van der Waals surface area contributed by atoms with Gasteiger partial charge in [-0.1, -0.05) is 11.6 Å². The number of benzene rings is 2. The zero-order valence-electron chi connectivity index (χ0n) is 15.0. The lowest BCUT2D eigenvalue weighted by Crippen LogP contribution is -2.28. The van der Waals surface area contributed by atoms with Gasteiger partial charge in [-0.05, 0) is 42.5 Å². The van der Waals surface area contributed by atoms with Gasteiger partial charge in [0, 0.05) is 22.7 Å². The number of carbonyl (C=O) groups is 2. The number of nitro benzene ring substituents is 1. The van der Waals surface area contributed by atoms with Crippen molar-refractivity contribution in [2.24, 2.45) is 0 Å². The van der Waals surface area contributed by atoms with Crippen molar-refractivity contribution < 1.29 is 23.7 Å². The van der Waals surface area contributed by atoms with Gasteiger partial charge in [-0.3, -0.25) is 19.7 Å². The fourth-order valence-electron chi connectivity index (χ4n) is 2.50. The molecule has 3 aromatic rings. The molecule has 0 aliphatic rings. The third kappa shape index (κ3) is 5.20.